The summed E-state index contributed by atoms with van der Waals surface area (Å²) < 4.78 is 6.07. The first-order valence-electron chi connectivity index (χ1n) is 8.03. The molecule has 0 aromatic heterocycles. The second-order valence-corrected chi connectivity index (χ2v) is 6.60. The van der Waals surface area contributed by atoms with Crippen LogP contribution in [0.5, 0.6) is 5.75 Å². The lowest BCUT2D eigenvalue weighted by molar-refractivity contribution is 0.295. The Morgan fingerprint density at radius 2 is 1.95 bits per heavy atom. The minimum Gasteiger partial charge on any atom is -0.493 e. The zero-order valence-corrected chi connectivity index (χ0v) is 14.6. The van der Waals surface area contributed by atoms with Gasteiger partial charge >= 0.3 is 0 Å². The highest BCUT2D eigenvalue weighted by molar-refractivity contribution is 5.85. The highest BCUT2D eigenvalue weighted by Gasteiger charge is 2.23. The summed E-state index contributed by atoms with van der Waals surface area (Å²) >= 11 is 0. The van der Waals surface area contributed by atoms with Crippen LogP contribution in [0.25, 0.3) is 0 Å². The Morgan fingerprint density at radius 1 is 1.29 bits per heavy atom. The van der Waals surface area contributed by atoms with Crippen molar-refractivity contribution < 1.29 is 4.74 Å². The molecule has 1 aromatic rings. The molecule has 1 atom stereocenters. The zero-order chi connectivity index (χ0) is 14.7. The van der Waals surface area contributed by atoms with Gasteiger partial charge in [-0.05, 0) is 67.2 Å². The van der Waals surface area contributed by atoms with Crippen molar-refractivity contribution in [2.45, 2.75) is 65.3 Å². The average molecular weight is 312 g/mol. The first-order valence-corrected chi connectivity index (χ1v) is 8.03. The second kappa shape index (κ2) is 8.05. The van der Waals surface area contributed by atoms with Gasteiger partial charge in [0.1, 0.15) is 5.75 Å². The first kappa shape index (κ1) is 18.3. The van der Waals surface area contributed by atoms with Crippen LogP contribution in [-0.2, 0) is 6.42 Å². The normalized spacial score (nSPS) is 15.7. The molecule has 0 heterocycles. The third kappa shape index (κ3) is 5.19. The number of hydrogen-bond donors (Lipinski definition) is 1. The van der Waals surface area contributed by atoms with E-state index in [-0.39, 0.29) is 18.4 Å². The quantitative estimate of drug-likeness (QED) is 0.798. The number of benzene rings is 1. The van der Waals surface area contributed by atoms with Gasteiger partial charge in [-0.2, -0.15) is 0 Å². The molecule has 1 aromatic carbocycles. The first-order chi connectivity index (χ1) is 9.51. The van der Waals surface area contributed by atoms with Crippen molar-refractivity contribution >= 4 is 12.4 Å². The van der Waals surface area contributed by atoms with Gasteiger partial charge in [-0.3, -0.25) is 0 Å². The Labute approximate surface area is 135 Å². The van der Waals surface area contributed by atoms with Gasteiger partial charge in [0.05, 0.1) is 6.61 Å². The van der Waals surface area contributed by atoms with Crippen LogP contribution >= 0.6 is 12.4 Å². The molecule has 21 heavy (non-hydrogen) atoms. The fourth-order valence-electron chi connectivity index (χ4n) is 2.58. The summed E-state index contributed by atoms with van der Waals surface area (Å²) in [5.41, 5.74) is 10.2. The van der Waals surface area contributed by atoms with Crippen molar-refractivity contribution in [1.82, 2.24) is 0 Å². The molecule has 3 heteroatoms. The van der Waals surface area contributed by atoms with Gasteiger partial charge in [-0.15, -0.1) is 12.4 Å². The van der Waals surface area contributed by atoms with E-state index < -0.39 is 0 Å². The van der Waals surface area contributed by atoms with Gasteiger partial charge < -0.3 is 10.5 Å². The maximum absolute atomic E-state index is 6.15. The van der Waals surface area contributed by atoms with E-state index in [1.165, 1.54) is 29.5 Å². The zero-order valence-electron chi connectivity index (χ0n) is 13.8. The molecule has 2 N–H and O–H groups in total. The van der Waals surface area contributed by atoms with Gasteiger partial charge in [0.25, 0.3) is 0 Å². The van der Waals surface area contributed by atoms with E-state index in [2.05, 4.69) is 39.8 Å². The SMILES string of the molecule is CCC(N)Cc1cc(C(C)C)c(C)cc1OCC1CC1.Cl. The average Bonchev–Trinajstić information content (AvgIpc) is 3.22. The number of halogens is 1. The van der Waals surface area contributed by atoms with Crippen LogP contribution in [-0.4, -0.2) is 12.6 Å². The van der Waals surface area contributed by atoms with Crippen LogP contribution in [0.4, 0.5) is 0 Å². The largest absolute Gasteiger partial charge is 0.493 e. The predicted octanol–water partition coefficient (Wildman–Crippen LogP) is 4.61. The van der Waals surface area contributed by atoms with Crippen molar-refractivity contribution in [3.8, 4) is 5.75 Å². The molecule has 2 nitrogen and oxygen atoms in total. The van der Waals surface area contributed by atoms with Crippen molar-refractivity contribution in [2.24, 2.45) is 11.7 Å². The molecular formula is C18H30ClNO. The summed E-state index contributed by atoms with van der Waals surface area (Å²) in [6.07, 6.45) is 4.57. The summed E-state index contributed by atoms with van der Waals surface area (Å²) in [7, 11) is 0. The summed E-state index contributed by atoms with van der Waals surface area (Å²) in [5.74, 6) is 2.39. The molecule has 120 valence electrons. The summed E-state index contributed by atoms with van der Waals surface area (Å²) in [6, 6.07) is 4.76. The van der Waals surface area contributed by atoms with Crippen LogP contribution in [0.1, 0.15) is 62.6 Å². The molecule has 1 saturated carbocycles. The number of hydrogen-bond acceptors (Lipinski definition) is 2. The summed E-state index contributed by atoms with van der Waals surface area (Å²) in [6.45, 7) is 9.69. The fourth-order valence-corrected chi connectivity index (χ4v) is 2.58. The Bertz CT molecular complexity index is 455. The monoisotopic (exact) mass is 311 g/mol. The molecule has 1 aliphatic carbocycles. The lowest BCUT2D eigenvalue weighted by atomic mass is 9.92. The minimum absolute atomic E-state index is 0. The van der Waals surface area contributed by atoms with Crippen LogP contribution in [0.3, 0.4) is 0 Å². The third-order valence-corrected chi connectivity index (χ3v) is 4.25. The van der Waals surface area contributed by atoms with E-state index in [9.17, 15) is 0 Å². The maximum Gasteiger partial charge on any atom is 0.122 e. The van der Waals surface area contributed by atoms with E-state index in [1.807, 2.05) is 0 Å². The van der Waals surface area contributed by atoms with Crippen LogP contribution in [0.2, 0.25) is 0 Å². The lowest BCUT2D eigenvalue weighted by Crippen LogP contribution is -2.22. The molecule has 0 spiro atoms. The molecule has 0 bridgehead atoms. The minimum atomic E-state index is 0. The number of ether oxygens (including phenoxy) is 1. The highest BCUT2D eigenvalue weighted by atomic mass is 35.5. The third-order valence-electron chi connectivity index (χ3n) is 4.25. The van der Waals surface area contributed by atoms with E-state index in [4.69, 9.17) is 10.5 Å². The fraction of sp³-hybridized carbons (Fsp3) is 0.667. The second-order valence-electron chi connectivity index (χ2n) is 6.60. The molecule has 0 aliphatic heterocycles. The molecule has 1 unspecified atom stereocenters. The Morgan fingerprint density at radius 3 is 2.48 bits per heavy atom. The van der Waals surface area contributed by atoms with E-state index in [0.29, 0.717) is 5.92 Å². The van der Waals surface area contributed by atoms with E-state index in [0.717, 1.165) is 31.1 Å². The highest BCUT2D eigenvalue weighted by Crippen LogP contribution is 2.33. The van der Waals surface area contributed by atoms with E-state index >= 15 is 0 Å². The van der Waals surface area contributed by atoms with Crippen LogP contribution < -0.4 is 10.5 Å². The summed E-state index contributed by atoms with van der Waals surface area (Å²) in [5, 5.41) is 0. The lowest BCUT2D eigenvalue weighted by Gasteiger charge is -2.19. The standard InChI is InChI=1S/C18H29NO.ClH/c1-5-16(19)9-15-10-17(12(2)3)13(4)8-18(15)20-11-14-6-7-14;/h8,10,12,14,16H,5-7,9,11,19H2,1-4H3;1H. The molecular weight excluding hydrogens is 282 g/mol. The Kier molecular flexibility index (Phi) is 7.02. The molecule has 1 fully saturated rings. The molecule has 0 amide bonds. The van der Waals surface area contributed by atoms with E-state index in [1.54, 1.807) is 0 Å². The molecule has 0 saturated heterocycles. The molecule has 0 radical (unpaired) electrons. The predicted molar refractivity (Wildman–Crippen MR) is 92.7 cm³/mol. The molecule has 1 aliphatic rings. The van der Waals surface area contributed by atoms with Gasteiger partial charge in [-0.25, -0.2) is 0 Å². The number of nitrogens with two attached hydrogens (primary N) is 1. The number of rotatable bonds is 7. The van der Waals surface area contributed by atoms with Gasteiger partial charge in [0, 0.05) is 6.04 Å². The molecule has 2 rings (SSSR count). The smallest absolute Gasteiger partial charge is 0.122 e. The van der Waals surface area contributed by atoms with Crippen LogP contribution in [0, 0.1) is 12.8 Å². The van der Waals surface area contributed by atoms with Crippen molar-refractivity contribution in [3.05, 3.63) is 28.8 Å². The van der Waals surface area contributed by atoms with Crippen molar-refractivity contribution in [3.63, 3.8) is 0 Å². The number of aryl methyl sites for hydroxylation is 1. The maximum atomic E-state index is 6.15. The van der Waals surface area contributed by atoms with Gasteiger partial charge in [0.2, 0.25) is 0 Å². The van der Waals surface area contributed by atoms with Crippen molar-refractivity contribution in [2.75, 3.05) is 6.61 Å². The Hall–Kier alpha value is -0.730. The Balaban J connectivity index is 0.00000220. The van der Waals surface area contributed by atoms with Gasteiger partial charge in [0.15, 0.2) is 0 Å². The topological polar surface area (TPSA) is 35.2 Å². The van der Waals surface area contributed by atoms with Crippen molar-refractivity contribution in [1.29, 1.82) is 0 Å². The summed E-state index contributed by atoms with van der Waals surface area (Å²) in [4.78, 5) is 0. The van der Waals surface area contributed by atoms with Gasteiger partial charge in [-0.1, -0.05) is 26.8 Å². The van der Waals surface area contributed by atoms with Crippen LogP contribution in [0.15, 0.2) is 12.1 Å².